The fourth-order valence-corrected chi connectivity index (χ4v) is 3.65. The van der Waals surface area contributed by atoms with Crippen LogP contribution in [0.1, 0.15) is 42.2 Å². The molecular weight excluding hydrogens is 348 g/mol. The maximum atomic E-state index is 12.1. The van der Waals surface area contributed by atoms with E-state index in [9.17, 15) is 4.79 Å². The quantitative estimate of drug-likeness (QED) is 0.770. The Balaban J connectivity index is 1.72. The Hall–Kier alpha value is -2.26. The van der Waals surface area contributed by atoms with Crippen LogP contribution in [0.2, 0.25) is 0 Å². The molecule has 3 rings (SSSR count). The molecule has 9 nitrogen and oxygen atoms in total. The average molecular weight is 376 g/mol. The van der Waals surface area contributed by atoms with Gasteiger partial charge in [-0.2, -0.15) is 10.1 Å². The SMILES string of the molecule is CCn1ncc(CN2CC[C@H](c3nc(C)no3)[C@H](NC(=O)COC)C2)c1C. The molecule has 1 fully saturated rings. The second-order valence-corrected chi connectivity index (χ2v) is 6.99. The molecule has 1 aliphatic heterocycles. The zero-order chi connectivity index (χ0) is 19.4. The lowest BCUT2D eigenvalue weighted by atomic mass is 9.91. The van der Waals surface area contributed by atoms with Gasteiger partial charge >= 0.3 is 0 Å². The average Bonchev–Trinajstić information content (AvgIpc) is 3.21. The summed E-state index contributed by atoms with van der Waals surface area (Å²) in [6.45, 7) is 9.28. The summed E-state index contributed by atoms with van der Waals surface area (Å²) in [6, 6.07) is -0.109. The minimum atomic E-state index is -0.138. The standard InChI is InChI=1S/C18H28N6O3/c1-5-24-12(2)14(8-19-24)9-23-7-6-15(18-20-13(3)22-27-18)16(10-23)21-17(25)11-26-4/h8,15-16H,5-7,9-11H2,1-4H3,(H,21,25)/t15-,16+/m0/s1. The molecule has 2 atom stereocenters. The maximum absolute atomic E-state index is 12.1. The van der Waals surface area contributed by atoms with E-state index < -0.39 is 0 Å². The fourth-order valence-electron chi connectivity index (χ4n) is 3.65. The van der Waals surface area contributed by atoms with E-state index in [-0.39, 0.29) is 24.5 Å². The molecular formula is C18H28N6O3. The van der Waals surface area contributed by atoms with E-state index in [0.29, 0.717) is 18.3 Å². The Labute approximate surface area is 159 Å². The second kappa shape index (κ2) is 8.62. The number of aromatic nitrogens is 4. The molecule has 1 aliphatic rings. The van der Waals surface area contributed by atoms with Gasteiger partial charge in [0.25, 0.3) is 0 Å². The molecule has 2 aromatic heterocycles. The smallest absolute Gasteiger partial charge is 0.246 e. The Morgan fingerprint density at radius 2 is 2.26 bits per heavy atom. The highest BCUT2D eigenvalue weighted by Crippen LogP contribution is 2.28. The molecule has 3 heterocycles. The van der Waals surface area contributed by atoms with Gasteiger partial charge in [0.05, 0.1) is 18.2 Å². The van der Waals surface area contributed by atoms with Gasteiger partial charge in [0, 0.05) is 38.0 Å². The zero-order valence-electron chi connectivity index (χ0n) is 16.4. The van der Waals surface area contributed by atoms with E-state index in [4.69, 9.17) is 9.26 Å². The zero-order valence-corrected chi connectivity index (χ0v) is 16.4. The van der Waals surface area contributed by atoms with Gasteiger partial charge in [-0.1, -0.05) is 5.16 Å². The minimum Gasteiger partial charge on any atom is -0.375 e. The summed E-state index contributed by atoms with van der Waals surface area (Å²) in [7, 11) is 1.51. The molecule has 148 valence electrons. The predicted molar refractivity (Wildman–Crippen MR) is 98.1 cm³/mol. The number of ether oxygens (including phenoxy) is 1. The highest BCUT2D eigenvalue weighted by atomic mass is 16.5. The molecule has 0 aliphatic carbocycles. The van der Waals surface area contributed by atoms with Crippen LogP contribution in [0.4, 0.5) is 0 Å². The number of aryl methyl sites for hydroxylation is 2. The number of piperidine rings is 1. The second-order valence-electron chi connectivity index (χ2n) is 6.99. The number of carbonyl (C=O) groups excluding carboxylic acids is 1. The largest absolute Gasteiger partial charge is 0.375 e. The van der Waals surface area contributed by atoms with E-state index in [1.54, 1.807) is 6.92 Å². The van der Waals surface area contributed by atoms with Crippen molar-refractivity contribution in [3.8, 4) is 0 Å². The van der Waals surface area contributed by atoms with Crippen LogP contribution < -0.4 is 5.32 Å². The monoisotopic (exact) mass is 376 g/mol. The summed E-state index contributed by atoms with van der Waals surface area (Å²) in [6.07, 6.45) is 2.77. The summed E-state index contributed by atoms with van der Waals surface area (Å²) >= 11 is 0. The third kappa shape index (κ3) is 4.54. The van der Waals surface area contributed by atoms with Crippen molar-refractivity contribution in [2.24, 2.45) is 0 Å². The van der Waals surface area contributed by atoms with Gasteiger partial charge in [-0.3, -0.25) is 14.4 Å². The van der Waals surface area contributed by atoms with E-state index in [2.05, 4.69) is 39.3 Å². The van der Waals surface area contributed by atoms with Crippen molar-refractivity contribution in [2.75, 3.05) is 26.8 Å². The van der Waals surface area contributed by atoms with Crippen molar-refractivity contribution in [1.82, 2.24) is 30.1 Å². The van der Waals surface area contributed by atoms with Crippen molar-refractivity contribution in [2.45, 2.75) is 52.2 Å². The van der Waals surface area contributed by atoms with Crippen LogP contribution in [-0.4, -0.2) is 63.6 Å². The van der Waals surface area contributed by atoms with E-state index in [1.165, 1.54) is 18.4 Å². The van der Waals surface area contributed by atoms with Gasteiger partial charge in [-0.25, -0.2) is 0 Å². The summed E-state index contributed by atoms with van der Waals surface area (Å²) in [5, 5.41) is 11.4. The highest BCUT2D eigenvalue weighted by Gasteiger charge is 2.35. The van der Waals surface area contributed by atoms with Crippen LogP contribution in [0.3, 0.4) is 0 Å². The van der Waals surface area contributed by atoms with Gasteiger partial charge in [0.1, 0.15) is 6.61 Å². The molecule has 0 aromatic carbocycles. The summed E-state index contributed by atoms with van der Waals surface area (Å²) < 4.78 is 12.3. The van der Waals surface area contributed by atoms with E-state index in [1.807, 2.05) is 10.9 Å². The third-order valence-electron chi connectivity index (χ3n) is 5.08. The van der Waals surface area contributed by atoms with Crippen molar-refractivity contribution < 1.29 is 14.1 Å². The van der Waals surface area contributed by atoms with E-state index in [0.717, 1.165) is 26.1 Å². The first-order chi connectivity index (χ1) is 13.0. The highest BCUT2D eigenvalue weighted by molar-refractivity contribution is 5.77. The maximum Gasteiger partial charge on any atom is 0.246 e. The Morgan fingerprint density at radius 1 is 1.44 bits per heavy atom. The molecule has 0 radical (unpaired) electrons. The molecule has 0 spiro atoms. The number of amides is 1. The first-order valence-electron chi connectivity index (χ1n) is 9.34. The normalized spacial score (nSPS) is 20.7. The van der Waals surface area contributed by atoms with Crippen molar-refractivity contribution in [1.29, 1.82) is 0 Å². The summed E-state index contributed by atoms with van der Waals surface area (Å²) in [5.41, 5.74) is 2.40. The molecule has 2 aromatic rings. The fraction of sp³-hybridized carbons (Fsp3) is 0.667. The first-order valence-corrected chi connectivity index (χ1v) is 9.34. The van der Waals surface area contributed by atoms with Crippen LogP contribution in [0.25, 0.3) is 0 Å². The first kappa shape index (κ1) is 19.5. The van der Waals surface area contributed by atoms with Crippen LogP contribution >= 0.6 is 0 Å². The topological polar surface area (TPSA) is 98.3 Å². The molecule has 0 saturated carbocycles. The third-order valence-corrected chi connectivity index (χ3v) is 5.08. The Morgan fingerprint density at radius 3 is 2.89 bits per heavy atom. The number of methoxy groups -OCH3 is 1. The molecule has 0 unspecified atom stereocenters. The summed E-state index contributed by atoms with van der Waals surface area (Å²) in [4.78, 5) is 18.8. The number of hydrogen-bond donors (Lipinski definition) is 1. The van der Waals surface area contributed by atoms with Crippen LogP contribution in [0, 0.1) is 13.8 Å². The van der Waals surface area contributed by atoms with Crippen molar-refractivity contribution >= 4 is 5.91 Å². The molecule has 27 heavy (non-hydrogen) atoms. The Bertz CT molecular complexity index is 771. The van der Waals surface area contributed by atoms with Gasteiger partial charge in [-0.15, -0.1) is 0 Å². The number of likely N-dealkylation sites (tertiary alicyclic amines) is 1. The van der Waals surface area contributed by atoms with Gasteiger partial charge in [-0.05, 0) is 33.7 Å². The molecule has 1 saturated heterocycles. The van der Waals surface area contributed by atoms with E-state index >= 15 is 0 Å². The van der Waals surface area contributed by atoms with Gasteiger partial charge in [0.15, 0.2) is 5.82 Å². The molecule has 1 amide bonds. The van der Waals surface area contributed by atoms with Gasteiger partial charge in [0.2, 0.25) is 11.8 Å². The number of carbonyl (C=O) groups is 1. The molecule has 9 heteroatoms. The number of nitrogens with zero attached hydrogens (tertiary/aromatic N) is 5. The van der Waals surface area contributed by atoms with Crippen molar-refractivity contribution in [3.05, 3.63) is 29.2 Å². The van der Waals surface area contributed by atoms with Crippen LogP contribution in [0.5, 0.6) is 0 Å². The lowest BCUT2D eigenvalue weighted by molar-refractivity contribution is -0.126. The lowest BCUT2D eigenvalue weighted by Gasteiger charge is -2.37. The number of hydrogen-bond acceptors (Lipinski definition) is 7. The minimum absolute atomic E-state index is 0.00252. The van der Waals surface area contributed by atoms with Gasteiger partial charge < -0.3 is 14.6 Å². The number of nitrogens with one attached hydrogen (secondary N) is 1. The number of rotatable bonds is 7. The predicted octanol–water partition coefficient (Wildman–Crippen LogP) is 1.02. The van der Waals surface area contributed by atoms with Crippen LogP contribution in [-0.2, 0) is 22.6 Å². The Kier molecular flexibility index (Phi) is 6.22. The lowest BCUT2D eigenvalue weighted by Crippen LogP contribution is -2.52. The van der Waals surface area contributed by atoms with Crippen molar-refractivity contribution in [3.63, 3.8) is 0 Å². The van der Waals surface area contributed by atoms with Crippen LogP contribution in [0.15, 0.2) is 10.7 Å². The molecule has 0 bridgehead atoms. The summed E-state index contributed by atoms with van der Waals surface area (Å²) in [5.74, 6) is 1.06. The molecule has 1 N–H and O–H groups in total.